The fraction of sp³-hybridized carbons (Fsp3) is 0.222. The van der Waals surface area contributed by atoms with Gasteiger partial charge in [0.15, 0.2) is 0 Å². The molecule has 1 aromatic heterocycles. The van der Waals surface area contributed by atoms with Gasteiger partial charge in [-0.1, -0.05) is 28.1 Å². The summed E-state index contributed by atoms with van der Waals surface area (Å²) in [6.45, 7) is 5.40. The Bertz CT molecular complexity index is 918. The van der Waals surface area contributed by atoms with Crippen molar-refractivity contribution in [3.63, 3.8) is 0 Å². The van der Waals surface area contributed by atoms with Crippen LogP contribution in [0.4, 0.5) is 5.69 Å². The summed E-state index contributed by atoms with van der Waals surface area (Å²) in [5, 5.41) is 3.31. The van der Waals surface area contributed by atoms with Gasteiger partial charge in [0.2, 0.25) is 0 Å². The lowest BCUT2D eigenvalue weighted by Gasteiger charge is -2.14. The fourth-order valence-electron chi connectivity index (χ4n) is 2.74. The number of nitrogens with one attached hydrogen (secondary N) is 1. The van der Waals surface area contributed by atoms with E-state index in [-0.39, 0.29) is 5.56 Å². The minimum atomic E-state index is -0.0662. The average molecular weight is 372 g/mol. The van der Waals surface area contributed by atoms with Crippen LogP contribution < -0.4 is 10.9 Å². The molecular formula is C18H18BrN3O. The summed E-state index contributed by atoms with van der Waals surface area (Å²) < 4.78 is 2.69. The van der Waals surface area contributed by atoms with E-state index in [1.165, 1.54) is 0 Å². The topological polar surface area (TPSA) is 46.9 Å². The second-order valence-electron chi connectivity index (χ2n) is 5.22. The molecule has 3 aromatic rings. The first-order chi connectivity index (χ1) is 11.2. The van der Waals surface area contributed by atoms with Crippen molar-refractivity contribution in [1.82, 2.24) is 9.55 Å². The SMILES string of the molecule is CCNc1ccc(Br)cc1-c1nc2ccccc2n(CC)c1=O. The van der Waals surface area contributed by atoms with Crippen molar-refractivity contribution < 1.29 is 0 Å². The number of halogens is 1. The summed E-state index contributed by atoms with van der Waals surface area (Å²) in [4.78, 5) is 17.6. The number of aromatic nitrogens is 2. The van der Waals surface area contributed by atoms with Gasteiger partial charge in [0.25, 0.3) is 5.56 Å². The largest absolute Gasteiger partial charge is 0.385 e. The molecule has 0 fully saturated rings. The molecule has 0 radical (unpaired) electrons. The van der Waals surface area contributed by atoms with Gasteiger partial charge in [-0.05, 0) is 44.2 Å². The Hall–Kier alpha value is -2.14. The van der Waals surface area contributed by atoms with E-state index < -0.39 is 0 Å². The number of anilines is 1. The Balaban J connectivity index is 2.35. The molecule has 0 aliphatic carbocycles. The molecule has 2 aromatic carbocycles. The van der Waals surface area contributed by atoms with Crippen LogP contribution in [0.5, 0.6) is 0 Å². The lowest BCUT2D eigenvalue weighted by Crippen LogP contribution is -2.23. The van der Waals surface area contributed by atoms with Crippen LogP contribution >= 0.6 is 15.9 Å². The first kappa shape index (κ1) is 15.7. The van der Waals surface area contributed by atoms with Crippen molar-refractivity contribution in [2.24, 2.45) is 0 Å². The van der Waals surface area contributed by atoms with Crippen molar-refractivity contribution in [3.8, 4) is 11.3 Å². The molecule has 1 heterocycles. The molecule has 1 N–H and O–H groups in total. The lowest BCUT2D eigenvalue weighted by molar-refractivity contribution is 0.756. The highest BCUT2D eigenvalue weighted by Gasteiger charge is 2.15. The number of hydrogen-bond acceptors (Lipinski definition) is 3. The fourth-order valence-corrected chi connectivity index (χ4v) is 3.10. The maximum absolute atomic E-state index is 12.9. The second-order valence-corrected chi connectivity index (χ2v) is 6.13. The smallest absolute Gasteiger partial charge is 0.277 e. The number of hydrogen-bond donors (Lipinski definition) is 1. The molecule has 0 unspecified atom stereocenters. The van der Waals surface area contributed by atoms with Crippen molar-refractivity contribution in [1.29, 1.82) is 0 Å². The van der Waals surface area contributed by atoms with Crippen LogP contribution in [-0.2, 0) is 6.54 Å². The number of nitrogens with zero attached hydrogens (tertiary/aromatic N) is 2. The molecule has 0 spiro atoms. The van der Waals surface area contributed by atoms with Gasteiger partial charge >= 0.3 is 0 Å². The van der Waals surface area contributed by atoms with E-state index in [1.807, 2.05) is 56.3 Å². The number of benzene rings is 2. The standard InChI is InChI=1S/C18H18BrN3O/c1-3-20-14-10-9-12(19)11-13(14)17-18(23)22(4-2)16-8-6-5-7-15(16)21-17/h5-11,20H,3-4H2,1-2H3. The van der Waals surface area contributed by atoms with E-state index in [1.54, 1.807) is 4.57 Å². The predicted octanol–water partition coefficient (Wildman–Crippen LogP) is 4.28. The molecule has 5 heteroatoms. The zero-order valence-corrected chi connectivity index (χ0v) is 14.7. The van der Waals surface area contributed by atoms with Gasteiger partial charge in [0.05, 0.1) is 11.0 Å². The summed E-state index contributed by atoms with van der Waals surface area (Å²) in [6.07, 6.45) is 0. The van der Waals surface area contributed by atoms with Gasteiger partial charge in [-0.2, -0.15) is 0 Å². The van der Waals surface area contributed by atoms with Crippen molar-refractivity contribution in [2.45, 2.75) is 20.4 Å². The highest BCUT2D eigenvalue weighted by atomic mass is 79.9. The van der Waals surface area contributed by atoms with Crippen molar-refractivity contribution in [3.05, 3.63) is 57.3 Å². The summed E-state index contributed by atoms with van der Waals surface area (Å²) in [7, 11) is 0. The van der Waals surface area contributed by atoms with Crippen LogP contribution in [0.15, 0.2) is 51.7 Å². The molecule has 23 heavy (non-hydrogen) atoms. The van der Waals surface area contributed by atoms with Gasteiger partial charge in [0.1, 0.15) is 5.69 Å². The summed E-state index contributed by atoms with van der Waals surface area (Å²) >= 11 is 3.49. The third kappa shape index (κ3) is 2.88. The van der Waals surface area contributed by atoms with E-state index in [4.69, 9.17) is 0 Å². The van der Waals surface area contributed by atoms with Gasteiger partial charge in [0, 0.05) is 28.8 Å². The first-order valence-corrected chi connectivity index (χ1v) is 8.48. The third-order valence-corrected chi connectivity index (χ3v) is 4.27. The molecule has 0 amide bonds. The quantitative estimate of drug-likeness (QED) is 0.744. The molecule has 0 aliphatic rings. The zero-order valence-electron chi connectivity index (χ0n) is 13.1. The summed E-state index contributed by atoms with van der Waals surface area (Å²) in [5.41, 5.74) is 3.83. The monoisotopic (exact) mass is 371 g/mol. The lowest BCUT2D eigenvalue weighted by atomic mass is 10.1. The van der Waals surface area contributed by atoms with Crippen molar-refractivity contribution in [2.75, 3.05) is 11.9 Å². The van der Waals surface area contributed by atoms with E-state index in [0.29, 0.717) is 12.2 Å². The number of fused-ring (bicyclic) bond motifs is 1. The first-order valence-electron chi connectivity index (χ1n) is 7.69. The molecule has 3 rings (SSSR count). The highest BCUT2D eigenvalue weighted by Crippen LogP contribution is 2.29. The number of rotatable bonds is 4. The van der Waals surface area contributed by atoms with Gasteiger partial charge < -0.3 is 9.88 Å². The van der Waals surface area contributed by atoms with Gasteiger partial charge in [-0.15, -0.1) is 0 Å². The molecule has 0 aliphatic heterocycles. The second kappa shape index (κ2) is 6.54. The molecule has 0 atom stereocenters. The predicted molar refractivity (Wildman–Crippen MR) is 99.0 cm³/mol. The molecule has 4 nitrogen and oxygen atoms in total. The van der Waals surface area contributed by atoms with Gasteiger partial charge in [-0.25, -0.2) is 4.98 Å². The third-order valence-electron chi connectivity index (χ3n) is 3.77. The normalized spacial score (nSPS) is 10.9. The van der Waals surface area contributed by atoms with Gasteiger partial charge in [-0.3, -0.25) is 4.79 Å². The molecule has 0 saturated carbocycles. The highest BCUT2D eigenvalue weighted by molar-refractivity contribution is 9.10. The molecular weight excluding hydrogens is 354 g/mol. The Kier molecular flexibility index (Phi) is 4.48. The van der Waals surface area contributed by atoms with Crippen LogP contribution in [0.2, 0.25) is 0 Å². The molecule has 118 valence electrons. The zero-order chi connectivity index (χ0) is 16.4. The maximum atomic E-state index is 12.9. The Labute approximate surface area is 143 Å². The molecule has 0 bridgehead atoms. The van der Waals surface area contributed by atoms with Crippen LogP contribution in [0.25, 0.3) is 22.3 Å². The van der Waals surface area contributed by atoms with E-state index in [9.17, 15) is 4.79 Å². The Morgan fingerprint density at radius 2 is 1.96 bits per heavy atom. The van der Waals surface area contributed by atoms with Crippen LogP contribution in [0.3, 0.4) is 0 Å². The number of para-hydroxylation sites is 2. The van der Waals surface area contributed by atoms with Crippen LogP contribution in [-0.4, -0.2) is 16.1 Å². The Morgan fingerprint density at radius 3 is 2.70 bits per heavy atom. The minimum absolute atomic E-state index is 0.0662. The number of aryl methyl sites for hydroxylation is 1. The van der Waals surface area contributed by atoms with Crippen LogP contribution in [0, 0.1) is 0 Å². The van der Waals surface area contributed by atoms with Crippen LogP contribution in [0.1, 0.15) is 13.8 Å². The molecule has 0 saturated heterocycles. The van der Waals surface area contributed by atoms with Crippen molar-refractivity contribution >= 4 is 32.7 Å². The Morgan fingerprint density at radius 1 is 1.17 bits per heavy atom. The van der Waals surface area contributed by atoms with E-state index >= 15 is 0 Å². The minimum Gasteiger partial charge on any atom is -0.385 e. The summed E-state index contributed by atoms with van der Waals surface area (Å²) in [5.74, 6) is 0. The van der Waals surface area contributed by atoms with E-state index in [2.05, 4.69) is 26.2 Å². The van der Waals surface area contributed by atoms with E-state index in [0.717, 1.165) is 33.3 Å². The average Bonchev–Trinajstić information content (AvgIpc) is 2.56. The maximum Gasteiger partial charge on any atom is 0.277 e. The summed E-state index contributed by atoms with van der Waals surface area (Å²) in [6, 6.07) is 13.6.